The molecule has 186 valence electrons. The van der Waals surface area contributed by atoms with E-state index in [0.29, 0.717) is 55.2 Å². The molecular weight excluding hydrogens is 437 g/mol. The average molecular weight is 474 g/mol. The SMILES string of the molecule is Cc1c(-c2ccc(F)c(CN)c2)nn(CC(C)C)c(=O)c1N1CCN(C(=O)OC(C)(C)C)CC1. The van der Waals surface area contributed by atoms with Crippen LogP contribution in [0.3, 0.4) is 0 Å². The van der Waals surface area contributed by atoms with Gasteiger partial charge in [-0.1, -0.05) is 13.8 Å². The number of nitrogens with zero attached hydrogens (tertiary/aromatic N) is 4. The van der Waals surface area contributed by atoms with Gasteiger partial charge >= 0.3 is 6.09 Å². The van der Waals surface area contributed by atoms with Gasteiger partial charge in [-0.05, 0) is 51.8 Å². The van der Waals surface area contributed by atoms with Gasteiger partial charge in [-0.25, -0.2) is 13.9 Å². The van der Waals surface area contributed by atoms with Crippen molar-refractivity contribution in [2.24, 2.45) is 11.7 Å². The lowest BCUT2D eigenvalue weighted by Crippen LogP contribution is -2.51. The van der Waals surface area contributed by atoms with Crippen LogP contribution >= 0.6 is 0 Å². The lowest BCUT2D eigenvalue weighted by Gasteiger charge is -2.37. The number of rotatable bonds is 5. The summed E-state index contributed by atoms with van der Waals surface area (Å²) in [6.45, 7) is 13.9. The largest absolute Gasteiger partial charge is 0.444 e. The molecule has 0 bridgehead atoms. The van der Waals surface area contributed by atoms with Gasteiger partial charge in [-0.3, -0.25) is 4.79 Å². The van der Waals surface area contributed by atoms with E-state index in [2.05, 4.69) is 5.10 Å². The second-order valence-corrected chi connectivity index (χ2v) is 10.2. The van der Waals surface area contributed by atoms with Crippen LogP contribution in [-0.2, 0) is 17.8 Å². The predicted octanol–water partition coefficient (Wildman–Crippen LogP) is 3.53. The first kappa shape index (κ1) is 25.7. The van der Waals surface area contributed by atoms with Crippen LogP contribution in [0.4, 0.5) is 14.9 Å². The molecule has 1 aromatic carbocycles. The van der Waals surface area contributed by atoms with Crippen LogP contribution in [0, 0.1) is 18.7 Å². The first-order valence-electron chi connectivity index (χ1n) is 11.7. The van der Waals surface area contributed by atoms with Crippen LogP contribution in [-0.4, -0.2) is 52.6 Å². The fourth-order valence-electron chi connectivity index (χ4n) is 4.07. The topological polar surface area (TPSA) is 93.7 Å². The summed E-state index contributed by atoms with van der Waals surface area (Å²) in [5, 5.41) is 4.66. The fourth-order valence-corrected chi connectivity index (χ4v) is 4.07. The number of hydrogen-bond acceptors (Lipinski definition) is 6. The number of nitrogens with two attached hydrogens (primary N) is 1. The van der Waals surface area contributed by atoms with Gasteiger partial charge in [-0.15, -0.1) is 0 Å². The summed E-state index contributed by atoms with van der Waals surface area (Å²) < 4.78 is 21.1. The van der Waals surface area contributed by atoms with Crippen LogP contribution in [0.15, 0.2) is 23.0 Å². The van der Waals surface area contributed by atoms with Gasteiger partial charge in [0.05, 0.1) is 5.69 Å². The molecule has 1 aromatic heterocycles. The molecule has 34 heavy (non-hydrogen) atoms. The number of halogens is 1. The van der Waals surface area contributed by atoms with E-state index < -0.39 is 5.60 Å². The average Bonchev–Trinajstić information content (AvgIpc) is 2.75. The monoisotopic (exact) mass is 473 g/mol. The van der Waals surface area contributed by atoms with Crippen molar-refractivity contribution < 1.29 is 13.9 Å². The van der Waals surface area contributed by atoms with Crippen molar-refractivity contribution in [3.05, 3.63) is 45.5 Å². The summed E-state index contributed by atoms with van der Waals surface area (Å²) in [6, 6.07) is 4.74. The van der Waals surface area contributed by atoms with Gasteiger partial charge in [0.25, 0.3) is 5.56 Å². The minimum absolute atomic E-state index is 0.0733. The number of aromatic nitrogens is 2. The molecule has 9 heteroatoms. The molecule has 1 aliphatic heterocycles. The summed E-state index contributed by atoms with van der Waals surface area (Å²) in [6.07, 6.45) is -0.350. The summed E-state index contributed by atoms with van der Waals surface area (Å²) >= 11 is 0. The first-order valence-corrected chi connectivity index (χ1v) is 11.7. The Kier molecular flexibility index (Phi) is 7.65. The molecule has 2 aromatic rings. The number of benzene rings is 1. The highest BCUT2D eigenvalue weighted by Crippen LogP contribution is 2.28. The minimum atomic E-state index is -0.563. The summed E-state index contributed by atoms with van der Waals surface area (Å²) in [4.78, 5) is 29.6. The first-order chi connectivity index (χ1) is 15.9. The molecule has 0 spiro atoms. The van der Waals surface area contributed by atoms with E-state index >= 15 is 0 Å². The molecule has 2 N–H and O–H groups in total. The smallest absolute Gasteiger partial charge is 0.410 e. The van der Waals surface area contributed by atoms with Crippen LogP contribution in [0.25, 0.3) is 11.3 Å². The molecular formula is C25H36FN5O3. The Balaban J connectivity index is 1.98. The molecule has 1 saturated heterocycles. The Morgan fingerprint density at radius 1 is 1.21 bits per heavy atom. The molecule has 0 radical (unpaired) electrons. The number of piperazine rings is 1. The zero-order chi connectivity index (χ0) is 25.2. The van der Waals surface area contributed by atoms with Gasteiger partial charge < -0.3 is 20.3 Å². The maximum absolute atomic E-state index is 14.1. The summed E-state index contributed by atoms with van der Waals surface area (Å²) in [5.41, 5.74) is 8.01. The third-order valence-corrected chi connectivity index (χ3v) is 5.69. The van der Waals surface area contributed by atoms with E-state index in [9.17, 15) is 14.0 Å². The number of amides is 1. The van der Waals surface area contributed by atoms with Crippen molar-refractivity contribution in [1.82, 2.24) is 14.7 Å². The zero-order valence-electron chi connectivity index (χ0n) is 21.0. The molecule has 1 amide bonds. The van der Waals surface area contributed by atoms with Crippen LogP contribution in [0.2, 0.25) is 0 Å². The lowest BCUT2D eigenvalue weighted by atomic mass is 10.0. The van der Waals surface area contributed by atoms with E-state index in [1.54, 1.807) is 17.0 Å². The van der Waals surface area contributed by atoms with Crippen LogP contribution in [0.5, 0.6) is 0 Å². The Morgan fingerprint density at radius 2 is 1.85 bits per heavy atom. The fraction of sp³-hybridized carbons (Fsp3) is 0.560. The van der Waals surface area contributed by atoms with E-state index in [1.165, 1.54) is 10.7 Å². The van der Waals surface area contributed by atoms with E-state index in [1.807, 2.05) is 46.4 Å². The quantitative estimate of drug-likeness (QED) is 0.714. The summed E-state index contributed by atoms with van der Waals surface area (Å²) in [5.74, 6) is -0.150. The van der Waals surface area contributed by atoms with Gasteiger partial charge in [0, 0.05) is 56.0 Å². The third-order valence-electron chi connectivity index (χ3n) is 5.69. The van der Waals surface area contributed by atoms with Crippen molar-refractivity contribution in [1.29, 1.82) is 0 Å². The Hall–Kier alpha value is -2.94. The zero-order valence-corrected chi connectivity index (χ0v) is 21.0. The molecule has 0 atom stereocenters. The van der Waals surface area contributed by atoms with E-state index in [-0.39, 0.29) is 29.9 Å². The van der Waals surface area contributed by atoms with Gasteiger partial charge in [0.1, 0.15) is 17.1 Å². The van der Waals surface area contributed by atoms with Gasteiger partial charge in [-0.2, -0.15) is 5.10 Å². The highest BCUT2D eigenvalue weighted by atomic mass is 19.1. The molecule has 1 fully saturated rings. The second kappa shape index (κ2) is 10.1. The molecule has 3 rings (SSSR count). The maximum Gasteiger partial charge on any atom is 0.410 e. The van der Waals surface area contributed by atoms with Gasteiger partial charge in [0.15, 0.2) is 0 Å². The van der Waals surface area contributed by atoms with Crippen molar-refractivity contribution in [2.45, 2.75) is 60.2 Å². The van der Waals surface area contributed by atoms with Crippen molar-refractivity contribution >= 4 is 11.8 Å². The van der Waals surface area contributed by atoms with E-state index in [0.717, 1.165) is 5.56 Å². The molecule has 2 heterocycles. The molecule has 1 aliphatic rings. The highest BCUT2D eigenvalue weighted by Gasteiger charge is 2.29. The lowest BCUT2D eigenvalue weighted by molar-refractivity contribution is 0.0240. The number of hydrogen-bond donors (Lipinski definition) is 1. The van der Waals surface area contributed by atoms with Crippen LogP contribution in [0.1, 0.15) is 45.7 Å². The molecule has 0 unspecified atom stereocenters. The molecule has 0 aliphatic carbocycles. The number of anilines is 1. The Labute approximate surface area is 200 Å². The Bertz CT molecular complexity index is 1100. The normalized spacial score (nSPS) is 14.6. The van der Waals surface area contributed by atoms with Crippen LogP contribution < -0.4 is 16.2 Å². The maximum atomic E-state index is 14.1. The number of carbonyl (C=O) groups excluding carboxylic acids is 1. The predicted molar refractivity (Wildman–Crippen MR) is 131 cm³/mol. The van der Waals surface area contributed by atoms with Crippen molar-refractivity contribution in [3.63, 3.8) is 0 Å². The molecule has 0 saturated carbocycles. The van der Waals surface area contributed by atoms with Crippen molar-refractivity contribution in [2.75, 3.05) is 31.1 Å². The van der Waals surface area contributed by atoms with Gasteiger partial charge in [0.2, 0.25) is 0 Å². The molecule has 8 nitrogen and oxygen atoms in total. The second-order valence-electron chi connectivity index (χ2n) is 10.2. The number of carbonyl (C=O) groups is 1. The van der Waals surface area contributed by atoms with E-state index in [4.69, 9.17) is 10.5 Å². The highest BCUT2D eigenvalue weighted by molar-refractivity contribution is 5.71. The standard InChI is InChI=1S/C25H36FN5O3/c1-16(2)15-31-23(32)22(29-9-11-30(12-10-29)24(33)34-25(4,5)6)17(3)21(28-31)18-7-8-20(26)19(13-18)14-27/h7-8,13,16H,9-12,14-15,27H2,1-6H3. The number of ether oxygens (including phenoxy) is 1. The Morgan fingerprint density at radius 3 is 2.41 bits per heavy atom. The third kappa shape index (κ3) is 5.75. The van der Waals surface area contributed by atoms with Crippen molar-refractivity contribution in [3.8, 4) is 11.3 Å². The minimum Gasteiger partial charge on any atom is -0.444 e. The summed E-state index contributed by atoms with van der Waals surface area (Å²) in [7, 11) is 0.